The number of hydrogen-bond donors (Lipinski definition) is 3. The van der Waals surface area contributed by atoms with E-state index in [0.717, 1.165) is 31.7 Å². The van der Waals surface area contributed by atoms with Crippen LogP contribution in [0.2, 0.25) is 0 Å². The molecule has 0 bridgehead atoms. The van der Waals surface area contributed by atoms with Crippen molar-refractivity contribution in [2.75, 3.05) is 43.3 Å². The zero-order valence-corrected chi connectivity index (χ0v) is 20.6. The quantitative estimate of drug-likeness (QED) is 0.348. The Kier molecular flexibility index (Phi) is 6.68. The molecule has 11 heteroatoms. The number of phenols is 1. The number of phenolic OH excluding ortho intramolecular Hbond substituents is 1. The van der Waals surface area contributed by atoms with Crippen LogP contribution < -0.4 is 10.0 Å². The zero-order valence-electron chi connectivity index (χ0n) is 19.8. The predicted molar refractivity (Wildman–Crippen MR) is 139 cm³/mol. The van der Waals surface area contributed by atoms with Gasteiger partial charge in [-0.2, -0.15) is 0 Å². The molecule has 0 aliphatic carbocycles. The van der Waals surface area contributed by atoms with Crippen molar-refractivity contribution in [3.05, 3.63) is 72.6 Å². The first kappa shape index (κ1) is 23.9. The second-order valence-corrected chi connectivity index (χ2v) is 10.4. The van der Waals surface area contributed by atoms with E-state index in [1.807, 2.05) is 18.2 Å². The van der Waals surface area contributed by atoms with Gasteiger partial charge >= 0.3 is 0 Å². The fraction of sp³-hybridized carbons (Fsp3) is 0.240. The number of likely N-dealkylation sites (N-methyl/N-ethyl adjacent to an activating group) is 1. The van der Waals surface area contributed by atoms with E-state index in [1.54, 1.807) is 30.3 Å². The molecule has 1 aliphatic rings. The third-order valence-electron chi connectivity index (χ3n) is 6.08. The van der Waals surface area contributed by atoms with Gasteiger partial charge in [0.25, 0.3) is 10.0 Å². The van der Waals surface area contributed by atoms with E-state index in [2.05, 4.69) is 41.8 Å². The summed E-state index contributed by atoms with van der Waals surface area (Å²) in [6.45, 7) is 4.51. The molecule has 0 saturated carbocycles. The van der Waals surface area contributed by atoms with Crippen molar-refractivity contribution in [1.82, 2.24) is 24.8 Å². The van der Waals surface area contributed by atoms with E-state index in [1.165, 1.54) is 18.5 Å². The maximum Gasteiger partial charge on any atom is 0.264 e. The lowest BCUT2D eigenvalue weighted by Gasteiger charge is -2.32. The molecule has 186 valence electrons. The summed E-state index contributed by atoms with van der Waals surface area (Å²) in [4.78, 5) is 17.8. The molecule has 1 saturated heterocycles. The fourth-order valence-corrected chi connectivity index (χ4v) is 5.02. The maximum atomic E-state index is 13.1. The molecule has 4 aromatic rings. The number of para-hydroxylation sites is 2. The number of benzene rings is 2. The molecule has 0 unspecified atom stereocenters. The molecule has 3 N–H and O–H groups in total. The fourth-order valence-electron chi connectivity index (χ4n) is 4.04. The minimum Gasteiger partial charge on any atom is -0.508 e. The predicted octanol–water partition coefficient (Wildman–Crippen LogP) is 3.02. The lowest BCUT2D eigenvalue weighted by Crippen LogP contribution is -2.43. The van der Waals surface area contributed by atoms with Gasteiger partial charge in [0.05, 0.1) is 11.0 Å². The van der Waals surface area contributed by atoms with Crippen molar-refractivity contribution in [3.63, 3.8) is 0 Å². The number of aromatic hydroxyl groups is 1. The monoisotopic (exact) mass is 505 g/mol. The van der Waals surface area contributed by atoms with Gasteiger partial charge in [-0.25, -0.2) is 18.4 Å². The maximum absolute atomic E-state index is 13.1. The molecule has 1 aliphatic heterocycles. The van der Waals surface area contributed by atoms with Crippen molar-refractivity contribution in [2.45, 2.75) is 11.4 Å². The second-order valence-electron chi connectivity index (χ2n) is 8.75. The molecule has 3 heterocycles. The summed E-state index contributed by atoms with van der Waals surface area (Å²) in [5, 5.41) is 13.5. The average Bonchev–Trinajstić information content (AvgIpc) is 2.87. The van der Waals surface area contributed by atoms with Crippen LogP contribution in [0.25, 0.3) is 11.0 Å². The van der Waals surface area contributed by atoms with E-state index in [4.69, 9.17) is 0 Å². The average molecular weight is 506 g/mol. The Morgan fingerprint density at radius 2 is 1.67 bits per heavy atom. The second kappa shape index (κ2) is 10.1. The van der Waals surface area contributed by atoms with Crippen LogP contribution in [0.3, 0.4) is 0 Å². The van der Waals surface area contributed by atoms with Crippen molar-refractivity contribution >= 4 is 38.4 Å². The van der Waals surface area contributed by atoms with E-state index in [9.17, 15) is 13.5 Å². The Labute approximate surface area is 209 Å². The highest BCUT2D eigenvalue weighted by atomic mass is 32.2. The topological polar surface area (TPSA) is 124 Å². The first-order chi connectivity index (χ1) is 17.4. The Hall–Kier alpha value is -3.80. The summed E-state index contributed by atoms with van der Waals surface area (Å²) in [5.41, 5.74) is 2.72. The molecule has 0 spiro atoms. The van der Waals surface area contributed by atoms with Crippen LogP contribution in [0.15, 0.2) is 71.9 Å². The van der Waals surface area contributed by atoms with Crippen LogP contribution in [0.1, 0.15) is 5.56 Å². The van der Waals surface area contributed by atoms with Gasteiger partial charge in [-0.05, 0) is 42.9 Å². The molecule has 0 atom stereocenters. The number of nitrogens with zero attached hydrogens (tertiary/aromatic N) is 5. The van der Waals surface area contributed by atoms with Gasteiger partial charge < -0.3 is 15.3 Å². The highest BCUT2D eigenvalue weighted by molar-refractivity contribution is 7.92. The van der Waals surface area contributed by atoms with Crippen LogP contribution in [-0.4, -0.2) is 71.5 Å². The molecular formula is C25H27N7O3S. The normalized spacial score (nSPS) is 15.1. The third kappa shape index (κ3) is 5.38. The molecule has 1 fully saturated rings. The van der Waals surface area contributed by atoms with Gasteiger partial charge in [-0.15, -0.1) is 0 Å². The van der Waals surface area contributed by atoms with Crippen molar-refractivity contribution in [2.24, 2.45) is 0 Å². The zero-order chi connectivity index (χ0) is 25.1. The molecule has 2 aromatic carbocycles. The number of pyridine rings is 1. The minimum atomic E-state index is -3.96. The SMILES string of the molecule is CN1CCN(Cc2ccc(O)cc2Nc2nc3ccccc3nc2NS(=O)(=O)c2cccnc2)CC1. The van der Waals surface area contributed by atoms with Crippen LogP contribution in [-0.2, 0) is 16.6 Å². The Bertz CT molecular complexity index is 1470. The van der Waals surface area contributed by atoms with Gasteiger partial charge in [0.15, 0.2) is 11.6 Å². The number of rotatable bonds is 7. The third-order valence-corrected chi connectivity index (χ3v) is 7.41. The van der Waals surface area contributed by atoms with Crippen LogP contribution >= 0.6 is 0 Å². The molecule has 0 amide bonds. The van der Waals surface area contributed by atoms with Crippen molar-refractivity contribution in [3.8, 4) is 5.75 Å². The van der Waals surface area contributed by atoms with E-state index in [0.29, 0.717) is 23.3 Å². The lowest BCUT2D eigenvalue weighted by molar-refractivity contribution is 0.148. The molecule has 10 nitrogen and oxygen atoms in total. The molecular weight excluding hydrogens is 478 g/mol. The summed E-state index contributed by atoms with van der Waals surface area (Å²) < 4.78 is 28.7. The van der Waals surface area contributed by atoms with E-state index >= 15 is 0 Å². The number of sulfonamides is 1. The first-order valence-electron chi connectivity index (χ1n) is 11.6. The van der Waals surface area contributed by atoms with Crippen LogP contribution in [0.5, 0.6) is 5.75 Å². The van der Waals surface area contributed by atoms with Crippen LogP contribution in [0, 0.1) is 0 Å². The van der Waals surface area contributed by atoms with Gasteiger partial charge in [0, 0.05) is 56.9 Å². The molecule has 36 heavy (non-hydrogen) atoms. The summed E-state index contributed by atoms with van der Waals surface area (Å²) in [7, 11) is -1.85. The highest BCUT2D eigenvalue weighted by Gasteiger charge is 2.21. The lowest BCUT2D eigenvalue weighted by atomic mass is 10.1. The van der Waals surface area contributed by atoms with Crippen LogP contribution in [0.4, 0.5) is 17.3 Å². The van der Waals surface area contributed by atoms with Gasteiger partial charge in [0.2, 0.25) is 0 Å². The van der Waals surface area contributed by atoms with E-state index < -0.39 is 10.0 Å². The number of anilines is 3. The molecule has 5 rings (SSSR count). The number of fused-ring (bicyclic) bond motifs is 1. The van der Waals surface area contributed by atoms with Gasteiger partial charge in [-0.3, -0.25) is 14.6 Å². The number of piperazine rings is 1. The standard InChI is InChI=1S/C25H27N7O3S/c1-31-11-13-32(14-12-31)17-18-8-9-19(33)15-23(18)29-24-25(28-22-7-3-2-6-21(22)27-24)30-36(34,35)20-5-4-10-26-16-20/h2-10,15-16,33H,11-14,17H2,1H3,(H,27,29)(H,28,30). The number of aromatic nitrogens is 3. The molecule has 2 aromatic heterocycles. The largest absolute Gasteiger partial charge is 0.508 e. The molecule has 0 radical (unpaired) electrons. The summed E-state index contributed by atoms with van der Waals surface area (Å²) in [6, 6.07) is 15.4. The summed E-state index contributed by atoms with van der Waals surface area (Å²) >= 11 is 0. The highest BCUT2D eigenvalue weighted by Crippen LogP contribution is 2.31. The van der Waals surface area contributed by atoms with Crippen molar-refractivity contribution < 1.29 is 13.5 Å². The Morgan fingerprint density at radius 3 is 2.36 bits per heavy atom. The van der Waals surface area contributed by atoms with E-state index in [-0.39, 0.29) is 22.3 Å². The Morgan fingerprint density at radius 1 is 0.944 bits per heavy atom. The van der Waals surface area contributed by atoms with Gasteiger partial charge in [-0.1, -0.05) is 18.2 Å². The summed E-state index contributed by atoms with van der Waals surface area (Å²) in [6.07, 6.45) is 2.78. The van der Waals surface area contributed by atoms with Crippen molar-refractivity contribution in [1.29, 1.82) is 0 Å². The first-order valence-corrected chi connectivity index (χ1v) is 13.1. The Balaban J connectivity index is 1.51. The summed E-state index contributed by atoms with van der Waals surface area (Å²) in [5.74, 6) is 0.365. The number of nitrogens with one attached hydrogen (secondary N) is 2. The van der Waals surface area contributed by atoms with Gasteiger partial charge in [0.1, 0.15) is 10.6 Å². The smallest absolute Gasteiger partial charge is 0.264 e. The number of hydrogen-bond acceptors (Lipinski definition) is 9. The minimum absolute atomic E-state index is 0.0130.